The van der Waals surface area contributed by atoms with Crippen molar-refractivity contribution in [3.05, 3.63) is 23.8 Å². The third kappa shape index (κ3) is 4.42. The summed E-state index contributed by atoms with van der Waals surface area (Å²) in [5, 5.41) is 30.2. The number of hydrogen-bond donors (Lipinski definition) is 5. The van der Waals surface area contributed by atoms with Crippen LogP contribution < -0.4 is 11.1 Å². The number of phenolic OH excluding ortho intramolecular Hbond substituents is 2. The van der Waals surface area contributed by atoms with Gasteiger partial charge in [-0.3, -0.25) is 4.79 Å². The van der Waals surface area contributed by atoms with E-state index < -0.39 is 6.04 Å². The van der Waals surface area contributed by atoms with E-state index in [2.05, 4.69) is 5.32 Å². The fraction of sp³-hybridized carbons (Fsp3) is 0.462. The van der Waals surface area contributed by atoms with Crippen molar-refractivity contribution in [3.63, 3.8) is 0 Å². The predicted octanol–water partition coefficient (Wildman–Crippen LogP) is -0.145. The van der Waals surface area contributed by atoms with Crippen molar-refractivity contribution in [2.75, 3.05) is 6.61 Å². The van der Waals surface area contributed by atoms with Crippen molar-refractivity contribution >= 4 is 5.91 Å². The van der Waals surface area contributed by atoms with Crippen LogP contribution in [0, 0.1) is 0 Å². The van der Waals surface area contributed by atoms with Crippen LogP contribution >= 0.6 is 0 Å². The lowest BCUT2D eigenvalue weighted by molar-refractivity contribution is -0.123. The van der Waals surface area contributed by atoms with Crippen LogP contribution in [0.25, 0.3) is 0 Å². The molecule has 0 aliphatic heterocycles. The quantitative estimate of drug-likeness (QED) is 0.460. The minimum absolute atomic E-state index is 0.130. The fourth-order valence-electron chi connectivity index (χ4n) is 1.63. The zero-order valence-corrected chi connectivity index (χ0v) is 10.8. The molecule has 0 bridgehead atoms. The third-order valence-electron chi connectivity index (χ3n) is 2.89. The Morgan fingerprint density at radius 2 is 2.05 bits per heavy atom. The number of carbonyl (C=O) groups is 1. The molecule has 6 nitrogen and oxygen atoms in total. The van der Waals surface area contributed by atoms with Crippen LogP contribution in [0.2, 0.25) is 0 Å². The highest BCUT2D eigenvalue weighted by molar-refractivity contribution is 5.82. The summed E-state index contributed by atoms with van der Waals surface area (Å²) in [5.41, 5.74) is 6.41. The number of carbonyl (C=O) groups excluding carboxylic acids is 1. The topological polar surface area (TPSA) is 116 Å². The minimum Gasteiger partial charge on any atom is -0.504 e. The largest absolute Gasteiger partial charge is 0.504 e. The third-order valence-corrected chi connectivity index (χ3v) is 2.89. The van der Waals surface area contributed by atoms with Gasteiger partial charge in [0.05, 0.1) is 18.7 Å². The molecule has 1 unspecified atom stereocenters. The van der Waals surface area contributed by atoms with Gasteiger partial charge in [-0.05, 0) is 30.5 Å². The van der Waals surface area contributed by atoms with Crippen molar-refractivity contribution in [1.82, 2.24) is 5.32 Å². The zero-order chi connectivity index (χ0) is 14.4. The summed E-state index contributed by atoms with van der Waals surface area (Å²) in [5.74, 6) is -0.812. The molecule has 0 aromatic heterocycles. The van der Waals surface area contributed by atoms with Gasteiger partial charge in [0.1, 0.15) is 0 Å². The first-order chi connectivity index (χ1) is 8.97. The van der Waals surface area contributed by atoms with Gasteiger partial charge in [0.2, 0.25) is 5.91 Å². The Hall–Kier alpha value is -1.79. The molecule has 0 saturated carbocycles. The Morgan fingerprint density at radius 3 is 2.58 bits per heavy atom. The lowest BCUT2D eigenvalue weighted by Gasteiger charge is -2.18. The summed E-state index contributed by atoms with van der Waals surface area (Å²) in [4.78, 5) is 11.8. The number of rotatable bonds is 6. The summed E-state index contributed by atoms with van der Waals surface area (Å²) in [6.07, 6.45) is 0.858. The van der Waals surface area contributed by atoms with Gasteiger partial charge in [-0.25, -0.2) is 0 Å². The summed E-state index contributed by atoms with van der Waals surface area (Å²) >= 11 is 0. The molecule has 0 heterocycles. The van der Waals surface area contributed by atoms with Crippen LogP contribution in [-0.2, 0) is 11.2 Å². The van der Waals surface area contributed by atoms with Crippen LogP contribution in [0.3, 0.4) is 0 Å². The van der Waals surface area contributed by atoms with E-state index in [4.69, 9.17) is 10.8 Å². The Labute approximate surface area is 111 Å². The highest BCUT2D eigenvalue weighted by Crippen LogP contribution is 2.25. The number of aliphatic hydroxyl groups excluding tert-OH is 1. The Morgan fingerprint density at radius 1 is 1.37 bits per heavy atom. The highest BCUT2D eigenvalue weighted by Gasteiger charge is 2.17. The van der Waals surface area contributed by atoms with Crippen molar-refractivity contribution in [2.24, 2.45) is 5.73 Å². The molecule has 0 aliphatic carbocycles. The van der Waals surface area contributed by atoms with E-state index in [9.17, 15) is 15.0 Å². The van der Waals surface area contributed by atoms with Crippen molar-refractivity contribution < 1.29 is 20.1 Å². The van der Waals surface area contributed by atoms with Gasteiger partial charge < -0.3 is 26.4 Å². The molecule has 0 radical (unpaired) electrons. The van der Waals surface area contributed by atoms with Gasteiger partial charge in [-0.1, -0.05) is 13.0 Å². The molecule has 1 aromatic rings. The van der Waals surface area contributed by atoms with Crippen LogP contribution in [0.15, 0.2) is 18.2 Å². The minimum atomic E-state index is -0.774. The first-order valence-corrected chi connectivity index (χ1v) is 6.15. The molecule has 1 aromatic carbocycles. The Bertz CT molecular complexity index is 433. The molecule has 0 saturated heterocycles. The smallest absolute Gasteiger partial charge is 0.237 e. The number of benzene rings is 1. The molecule has 0 spiro atoms. The molecule has 6 heteroatoms. The number of phenols is 2. The monoisotopic (exact) mass is 268 g/mol. The number of nitrogens with one attached hydrogen (secondary N) is 1. The number of aliphatic hydroxyl groups is 1. The number of hydrogen-bond acceptors (Lipinski definition) is 5. The highest BCUT2D eigenvalue weighted by atomic mass is 16.3. The average molecular weight is 268 g/mol. The molecular weight excluding hydrogens is 248 g/mol. The maximum atomic E-state index is 11.8. The second-order valence-corrected chi connectivity index (χ2v) is 4.43. The summed E-state index contributed by atoms with van der Waals surface area (Å²) in [7, 11) is 0. The second-order valence-electron chi connectivity index (χ2n) is 4.43. The van der Waals surface area contributed by atoms with Crippen molar-refractivity contribution in [2.45, 2.75) is 31.8 Å². The van der Waals surface area contributed by atoms with E-state index in [0.29, 0.717) is 12.0 Å². The van der Waals surface area contributed by atoms with Gasteiger partial charge in [-0.15, -0.1) is 0 Å². The lowest BCUT2D eigenvalue weighted by atomic mass is 10.0. The van der Waals surface area contributed by atoms with Crippen LogP contribution in [0.1, 0.15) is 18.9 Å². The first-order valence-electron chi connectivity index (χ1n) is 6.15. The standard InChI is InChI=1S/C13H20N2O4/c1-2-9(7-16)15-13(19)10(14)5-8-3-4-11(17)12(18)6-8/h3-4,6,9-10,16-18H,2,5,7,14H2,1H3,(H,15,19)/t9?,10-/m0/s1. The number of aromatic hydroxyl groups is 2. The molecule has 0 aliphatic rings. The molecule has 6 N–H and O–H groups in total. The van der Waals surface area contributed by atoms with E-state index >= 15 is 0 Å². The van der Waals surface area contributed by atoms with E-state index in [1.807, 2.05) is 6.92 Å². The summed E-state index contributed by atoms with van der Waals surface area (Å²) in [6.45, 7) is 1.72. The van der Waals surface area contributed by atoms with Gasteiger partial charge in [0, 0.05) is 0 Å². The maximum absolute atomic E-state index is 11.8. The predicted molar refractivity (Wildman–Crippen MR) is 70.8 cm³/mol. The van der Waals surface area contributed by atoms with Gasteiger partial charge in [0.25, 0.3) is 0 Å². The number of nitrogens with two attached hydrogens (primary N) is 1. The molecule has 2 atom stereocenters. The molecule has 1 amide bonds. The summed E-state index contributed by atoms with van der Waals surface area (Å²) < 4.78 is 0. The van der Waals surface area contributed by atoms with Gasteiger partial charge in [-0.2, -0.15) is 0 Å². The fourth-order valence-corrected chi connectivity index (χ4v) is 1.63. The first kappa shape index (κ1) is 15.3. The molecule has 0 fully saturated rings. The van der Waals surface area contributed by atoms with E-state index in [-0.39, 0.29) is 36.5 Å². The molecule has 106 valence electrons. The van der Waals surface area contributed by atoms with E-state index in [1.165, 1.54) is 12.1 Å². The zero-order valence-electron chi connectivity index (χ0n) is 10.8. The average Bonchev–Trinajstić information content (AvgIpc) is 2.39. The number of amides is 1. The van der Waals surface area contributed by atoms with E-state index in [1.54, 1.807) is 6.07 Å². The Balaban J connectivity index is 2.60. The normalized spacial score (nSPS) is 13.8. The molecular formula is C13H20N2O4. The van der Waals surface area contributed by atoms with Crippen LogP contribution in [-0.4, -0.2) is 39.9 Å². The molecule has 1 rings (SSSR count). The maximum Gasteiger partial charge on any atom is 0.237 e. The summed E-state index contributed by atoms with van der Waals surface area (Å²) in [6, 6.07) is 3.23. The molecule has 19 heavy (non-hydrogen) atoms. The van der Waals surface area contributed by atoms with E-state index in [0.717, 1.165) is 0 Å². The van der Waals surface area contributed by atoms with Crippen LogP contribution in [0.4, 0.5) is 0 Å². The van der Waals surface area contributed by atoms with Crippen molar-refractivity contribution in [3.8, 4) is 11.5 Å². The second kappa shape index (κ2) is 6.96. The lowest BCUT2D eigenvalue weighted by Crippen LogP contribution is -2.47. The van der Waals surface area contributed by atoms with Gasteiger partial charge in [0.15, 0.2) is 11.5 Å². The Kier molecular flexibility index (Phi) is 5.59. The van der Waals surface area contributed by atoms with Crippen molar-refractivity contribution in [1.29, 1.82) is 0 Å². The van der Waals surface area contributed by atoms with Crippen LogP contribution in [0.5, 0.6) is 11.5 Å². The SMILES string of the molecule is CCC(CO)NC(=O)[C@@H](N)Cc1ccc(O)c(O)c1. The van der Waals surface area contributed by atoms with Gasteiger partial charge >= 0.3 is 0 Å².